The second-order valence-corrected chi connectivity index (χ2v) is 8.67. The van der Waals surface area contributed by atoms with Crippen LogP contribution in [0.15, 0.2) is 23.1 Å². The number of benzene rings is 1. The average molecular weight is 336 g/mol. The molecule has 1 aromatic rings. The first-order valence-corrected chi connectivity index (χ1v) is 8.82. The molecule has 1 fully saturated rings. The molecule has 1 aliphatic rings. The van der Waals surface area contributed by atoms with Crippen LogP contribution < -0.4 is 0 Å². The summed E-state index contributed by atoms with van der Waals surface area (Å²) in [6.45, 7) is 5.50. The molecule has 0 atom stereocenters. The van der Waals surface area contributed by atoms with Crippen LogP contribution in [0.2, 0.25) is 5.02 Å². The smallest absolute Gasteiger partial charge is 0.262 e. The van der Waals surface area contributed by atoms with Crippen molar-refractivity contribution in [2.24, 2.45) is 5.41 Å². The highest BCUT2D eigenvalue weighted by Gasteiger charge is 2.32. The molecule has 1 amide bonds. The third-order valence-corrected chi connectivity index (χ3v) is 5.21. The lowest BCUT2D eigenvalue weighted by Gasteiger charge is -2.20. The fraction of sp³-hybridized carbons (Fsp3) is 0.462. The molecule has 1 aromatic carbocycles. The van der Waals surface area contributed by atoms with Crippen molar-refractivity contribution in [3.05, 3.63) is 28.8 Å². The van der Waals surface area contributed by atoms with Crippen LogP contribution in [-0.4, -0.2) is 32.3 Å². The van der Waals surface area contributed by atoms with E-state index in [1.54, 1.807) is 4.90 Å². The first-order chi connectivity index (χ1) is 9.10. The van der Waals surface area contributed by atoms with Gasteiger partial charge in [0.2, 0.25) is 0 Å². The quantitative estimate of drug-likeness (QED) is 0.780. The van der Waals surface area contributed by atoms with Crippen molar-refractivity contribution in [1.82, 2.24) is 4.90 Å². The maximum atomic E-state index is 12.4. The molecule has 0 N–H and O–H groups in total. The highest BCUT2D eigenvalue weighted by Crippen LogP contribution is 2.31. The van der Waals surface area contributed by atoms with E-state index in [4.69, 9.17) is 22.3 Å². The maximum Gasteiger partial charge on any atom is 0.262 e. The van der Waals surface area contributed by atoms with E-state index < -0.39 is 9.05 Å². The van der Waals surface area contributed by atoms with Gasteiger partial charge in [0.15, 0.2) is 0 Å². The molecule has 4 nitrogen and oxygen atoms in total. The fourth-order valence-electron chi connectivity index (χ4n) is 2.29. The summed E-state index contributed by atoms with van der Waals surface area (Å²) in [7, 11) is 1.34. The van der Waals surface area contributed by atoms with E-state index in [-0.39, 0.29) is 26.8 Å². The Morgan fingerprint density at radius 1 is 1.35 bits per heavy atom. The Morgan fingerprint density at radius 2 is 2.00 bits per heavy atom. The van der Waals surface area contributed by atoms with Gasteiger partial charge in [0.1, 0.15) is 4.90 Å². The van der Waals surface area contributed by atoms with Gasteiger partial charge in [-0.25, -0.2) is 8.42 Å². The monoisotopic (exact) mass is 335 g/mol. The molecular weight excluding hydrogens is 321 g/mol. The van der Waals surface area contributed by atoms with Gasteiger partial charge in [0, 0.05) is 29.3 Å². The zero-order valence-corrected chi connectivity index (χ0v) is 13.5. The van der Waals surface area contributed by atoms with Crippen LogP contribution in [-0.2, 0) is 9.05 Å². The molecule has 0 unspecified atom stereocenters. The summed E-state index contributed by atoms with van der Waals surface area (Å²) in [5.41, 5.74) is 0.370. The second-order valence-electron chi connectivity index (χ2n) is 5.72. The van der Waals surface area contributed by atoms with Crippen molar-refractivity contribution in [3.63, 3.8) is 0 Å². The lowest BCUT2D eigenvalue weighted by atomic mass is 9.93. The van der Waals surface area contributed by atoms with Crippen LogP contribution in [0.25, 0.3) is 0 Å². The molecule has 110 valence electrons. The van der Waals surface area contributed by atoms with Gasteiger partial charge in [-0.05, 0) is 30.0 Å². The Hall–Kier alpha value is -0.780. The number of halogens is 2. The van der Waals surface area contributed by atoms with Crippen molar-refractivity contribution in [2.75, 3.05) is 13.1 Å². The van der Waals surface area contributed by atoms with E-state index >= 15 is 0 Å². The summed E-state index contributed by atoms with van der Waals surface area (Å²) in [6, 6.07) is 4.13. The molecule has 0 aromatic heterocycles. The Labute approximate surface area is 128 Å². The van der Waals surface area contributed by atoms with Crippen molar-refractivity contribution in [1.29, 1.82) is 0 Å². The van der Waals surface area contributed by atoms with E-state index in [0.29, 0.717) is 13.1 Å². The fourth-order valence-corrected chi connectivity index (χ4v) is 3.78. The third-order valence-electron chi connectivity index (χ3n) is 3.41. The summed E-state index contributed by atoms with van der Waals surface area (Å²) in [6.07, 6.45) is 0.924. The maximum absolute atomic E-state index is 12.4. The van der Waals surface area contributed by atoms with E-state index in [0.717, 1.165) is 6.42 Å². The minimum Gasteiger partial charge on any atom is -0.338 e. The zero-order chi connectivity index (χ0) is 15.1. The molecule has 1 heterocycles. The van der Waals surface area contributed by atoms with Gasteiger partial charge in [-0.2, -0.15) is 0 Å². The number of hydrogen-bond acceptors (Lipinski definition) is 3. The molecule has 20 heavy (non-hydrogen) atoms. The number of carbonyl (C=O) groups is 1. The molecule has 0 bridgehead atoms. The largest absolute Gasteiger partial charge is 0.338 e. The van der Waals surface area contributed by atoms with Crippen LogP contribution in [0.4, 0.5) is 0 Å². The Morgan fingerprint density at radius 3 is 2.50 bits per heavy atom. The summed E-state index contributed by atoms with van der Waals surface area (Å²) < 4.78 is 22.8. The summed E-state index contributed by atoms with van der Waals surface area (Å²) in [5.74, 6) is -0.200. The van der Waals surface area contributed by atoms with Crippen LogP contribution in [0.3, 0.4) is 0 Å². The van der Waals surface area contributed by atoms with Crippen molar-refractivity contribution >= 4 is 37.2 Å². The summed E-state index contributed by atoms with van der Waals surface area (Å²) >= 11 is 5.80. The van der Waals surface area contributed by atoms with Crippen LogP contribution in [0.1, 0.15) is 30.6 Å². The Kier molecular flexibility index (Phi) is 4.06. The zero-order valence-electron chi connectivity index (χ0n) is 11.2. The minimum atomic E-state index is -3.97. The van der Waals surface area contributed by atoms with Gasteiger partial charge < -0.3 is 4.90 Å². The SMILES string of the molecule is CC1(C)CCN(C(=O)c2ccc(Cl)c(S(=O)(=O)Cl)c2)C1. The number of likely N-dealkylation sites (tertiary alicyclic amines) is 1. The first kappa shape index (κ1) is 15.6. The van der Waals surface area contributed by atoms with Crippen LogP contribution >= 0.6 is 22.3 Å². The Bertz CT molecular complexity index is 656. The molecule has 0 spiro atoms. The van der Waals surface area contributed by atoms with Crippen LogP contribution in [0.5, 0.6) is 0 Å². The van der Waals surface area contributed by atoms with Gasteiger partial charge in [-0.3, -0.25) is 4.79 Å². The number of carbonyl (C=O) groups excluding carboxylic acids is 1. The number of rotatable bonds is 2. The summed E-state index contributed by atoms with van der Waals surface area (Å²) in [5, 5.41) is 0.0123. The van der Waals surface area contributed by atoms with E-state index in [9.17, 15) is 13.2 Å². The topological polar surface area (TPSA) is 54.5 Å². The number of nitrogens with zero attached hydrogens (tertiary/aromatic N) is 1. The van der Waals surface area contributed by atoms with Crippen molar-refractivity contribution in [2.45, 2.75) is 25.2 Å². The lowest BCUT2D eigenvalue weighted by Crippen LogP contribution is -2.30. The van der Waals surface area contributed by atoms with Gasteiger partial charge in [0.25, 0.3) is 15.0 Å². The number of hydrogen-bond donors (Lipinski definition) is 0. The molecule has 7 heteroatoms. The van der Waals surface area contributed by atoms with Gasteiger partial charge in [-0.15, -0.1) is 0 Å². The van der Waals surface area contributed by atoms with E-state index in [1.807, 2.05) is 0 Å². The van der Waals surface area contributed by atoms with E-state index in [2.05, 4.69) is 13.8 Å². The summed E-state index contributed by atoms with van der Waals surface area (Å²) in [4.78, 5) is 13.9. The van der Waals surface area contributed by atoms with Gasteiger partial charge in [-0.1, -0.05) is 25.4 Å². The molecule has 0 radical (unpaired) electrons. The Balaban J connectivity index is 2.33. The van der Waals surface area contributed by atoms with E-state index in [1.165, 1.54) is 18.2 Å². The normalized spacial score (nSPS) is 18.3. The average Bonchev–Trinajstić information content (AvgIpc) is 2.68. The molecule has 1 saturated heterocycles. The highest BCUT2D eigenvalue weighted by atomic mass is 35.7. The predicted octanol–water partition coefficient (Wildman–Crippen LogP) is 3.14. The molecule has 2 rings (SSSR count). The van der Waals surface area contributed by atoms with Gasteiger partial charge in [0.05, 0.1) is 5.02 Å². The first-order valence-electron chi connectivity index (χ1n) is 6.14. The van der Waals surface area contributed by atoms with Crippen molar-refractivity contribution in [3.8, 4) is 0 Å². The third kappa shape index (κ3) is 3.27. The molecular formula is C13H15Cl2NO3S. The lowest BCUT2D eigenvalue weighted by molar-refractivity contribution is 0.0778. The molecule has 0 saturated carbocycles. The second kappa shape index (κ2) is 5.20. The molecule has 1 aliphatic heterocycles. The van der Waals surface area contributed by atoms with Crippen molar-refractivity contribution < 1.29 is 13.2 Å². The van der Waals surface area contributed by atoms with Crippen LogP contribution in [0, 0.1) is 5.41 Å². The molecule has 0 aliphatic carbocycles. The number of amides is 1. The predicted molar refractivity (Wildman–Crippen MR) is 78.8 cm³/mol. The minimum absolute atomic E-state index is 0.0123. The van der Waals surface area contributed by atoms with Gasteiger partial charge >= 0.3 is 0 Å². The standard InChI is InChI=1S/C13H15Cl2NO3S/c1-13(2)5-6-16(8-13)12(17)9-3-4-10(14)11(7-9)20(15,18)19/h3-4,7H,5-6,8H2,1-2H3. The highest BCUT2D eigenvalue weighted by molar-refractivity contribution is 8.13.